The van der Waals surface area contributed by atoms with E-state index in [9.17, 15) is 9.59 Å². The first-order chi connectivity index (χ1) is 13.0. The highest BCUT2D eigenvalue weighted by Gasteiger charge is 2.27. The van der Waals surface area contributed by atoms with Crippen molar-refractivity contribution in [2.24, 2.45) is 0 Å². The number of ether oxygens (including phenoxy) is 2. The summed E-state index contributed by atoms with van der Waals surface area (Å²) in [7, 11) is 4.75. The first-order valence-electron chi connectivity index (χ1n) is 8.64. The van der Waals surface area contributed by atoms with Crippen molar-refractivity contribution in [3.05, 3.63) is 41.9 Å². The second-order valence-electron chi connectivity index (χ2n) is 6.25. The summed E-state index contributed by atoms with van der Waals surface area (Å²) in [6.07, 6.45) is 2.29. The second-order valence-corrected chi connectivity index (χ2v) is 6.25. The number of nitrogens with one attached hydrogen (secondary N) is 2. The fourth-order valence-corrected chi connectivity index (χ4v) is 3.08. The molecule has 0 aliphatic carbocycles. The summed E-state index contributed by atoms with van der Waals surface area (Å²) in [6.45, 7) is 1.61. The van der Waals surface area contributed by atoms with E-state index in [0.29, 0.717) is 22.7 Å². The van der Waals surface area contributed by atoms with Crippen LogP contribution in [0.15, 0.2) is 34.9 Å². The Morgan fingerprint density at radius 1 is 1.25 bits per heavy atom. The second kappa shape index (κ2) is 9.48. The third-order valence-corrected chi connectivity index (χ3v) is 4.65. The van der Waals surface area contributed by atoms with Crippen LogP contribution in [0.1, 0.15) is 27.3 Å². The molecule has 2 N–H and O–H groups in total. The molecule has 9 heteroatoms. The SMILES string of the molecule is COc1cc(NC(=O)c2ccco2)c(C(=O)N(C)C2CCNC2)cc1OC.Cl. The van der Waals surface area contributed by atoms with Crippen LogP contribution in [-0.4, -0.2) is 57.1 Å². The highest BCUT2D eigenvalue weighted by Crippen LogP contribution is 2.34. The quantitative estimate of drug-likeness (QED) is 0.761. The average Bonchev–Trinajstić information content (AvgIpc) is 3.40. The molecule has 1 unspecified atom stereocenters. The topological polar surface area (TPSA) is 93.0 Å². The number of carbonyl (C=O) groups excluding carboxylic acids is 2. The maximum absolute atomic E-state index is 13.1. The summed E-state index contributed by atoms with van der Waals surface area (Å²) in [4.78, 5) is 27.2. The van der Waals surface area contributed by atoms with Gasteiger partial charge in [0.1, 0.15) is 0 Å². The van der Waals surface area contributed by atoms with Gasteiger partial charge in [-0.05, 0) is 31.2 Å². The molecule has 1 aliphatic rings. The highest BCUT2D eigenvalue weighted by atomic mass is 35.5. The van der Waals surface area contributed by atoms with Gasteiger partial charge < -0.3 is 29.4 Å². The summed E-state index contributed by atoms with van der Waals surface area (Å²) in [5, 5.41) is 5.98. The smallest absolute Gasteiger partial charge is 0.291 e. The molecule has 0 bridgehead atoms. The monoisotopic (exact) mass is 409 g/mol. The fourth-order valence-electron chi connectivity index (χ4n) is 3.08. The molecule has 1 fully saturated rings. The zero-order chi connectivity index (χ0) is 19.4. The van der Waals surface area contributed by atoms with Gasteiger partial charge >= 0.3 is 0 Å². The van der Waals surface area contributed by atoms with Crippen LogP contribution in [0.3, 0.4) is 0 Å². The van der Waals surface area contributed by atoms with Crippen molar-refractivity contribution >= 4 is 29.9 Å². The number of benzene rings is 1. The molecule has 1 aliphatic heterocycles. The van der Waals surface area contributed by atoms with Crippen LogP contribution in [0.4, 0.5) is 5.69 Å². The summed E-state index contributed by atoms with van der Waals surface area (Å²) in [5.74, 6) is 0.311. The van der Waals surface area contributed by atoms with Gasteiger partial charge in [0.25, 0.3) is 11.8 Å². The minimum Gasteiger partial charge on any atom is -0.493 e. The Hall–Kier alpha value is -2.71. The van der Waals surface area contributed by atoms with Crippen LogP contribution < -0.4 is 20.1 Å². The predicted octanol–water partition coefficient (Wildman–Crippen LogP) is 2.40. The molecule has 2 amide bonds. The lowest BCUT2D eigenvalue weighted by Crippen LogP contribution is -2.38. The van der Waals surface area contributed by atoms with E-state index in [4.69, 9.17) is 13.9 Å². The van der Waals surface area contributed by atoms with Crippen molar-refractivity contribution < 1.29 is 23.5 Å². The molecule has 0 spiro atoms. The molecule has 8 nitrogen and oxygen atoms in total. The van der Waals surface area contributed by atoms with E-state index in [0.717, 1.165) is 19.5 Å². The molecule has 0 saturated carbocycles. The number of amides is 2. The predicted molar refractivity (Wildman–Crippen MR) is 107 cm³/mol. The zero-order valence-corrected chi connectivity index (χ0v) is 16.8. The van der Waals surface area contributed by atoms with Crippen LogP contribution in [-0.2, 0) is 0 Å². The van der Waals surface area contributed by atoms with E-state index in [2.05, 4.69) is 10.6 Å². The highest BCUT2D eigenvalue weighted by molar-refractivity contribution is 6.08. The molecule has 3 rings (SSSR count). The van der Waals surface area contributed by atoms with Gasteiger partial charge in [-0.15, -0.1) is 12.4 Å². The molecular weight excluding hydrogens is 386 g/mol. The number of furan rings is 1. The number of hydrogen-bond acceptors (Lipinski definition) is 6. The fraction of sp³-hybridized carbons (Fsp3) is 0.368. The van der Waals surface area contributed by atoms with E-state index >= 15 is 0 Å². The number of rotatable bonds is 6. The summed E-state index contributed by atoms with van der Waals surface area (Å²) < 4.78 is 15.8. The van der Waals surface area contributed by atoms with Gasteiger partial charge in [-0.1, -0.05) is 0 Å². The van der Waals surface area contributed by atoms with E-state index in [-0.39, 0.29) is 30.1 Å². The van der Waals surface area contributed by atoms with Crippen LogP contribution >= 0.6 is 12.4 Å². The third kappa shape index (κ3) is 4.40. The number of anilines is 1. The Morgan fingerprint density at radius 3 is 2.54 bits per heavy atom. The molecule has 2 aromatic rings. The molecule has 0 radical (unpaired) electrons. The van der Waals surface area contributed by atoms with Crippen molar-refractivity contribution in [3.63, 3.8) is 0 Å². The van der Waals surface area contributed by atoms with Gasteiger partial charge in [0.05, 0.1) is 31.7 Å². The van der Waals surface area contributed by atoms with Gasteiger partial charge in [0.15, 0.2) is 17.3 Å². The van der Waals surface area contributed by atoms with E-state index in [1.807, 2.05) is 0 Å². The maximum atomic E-state index is 13.1. The zero-order valence-electron chi connectivity index (χ0n) is 16.0. The van der Waals surface area contributed by atoms with Crippen molar-refractivity contribution in [2.75, 3.05) is 39.7 Å². The number of halogens is 1. The third-order valence-electron chi connectivity index (χ3n) is 4.65. The number of carbonyl (C=O) groups is 2. The van der Waals surface area contributed by atoms with Gasteiger partial charge in [0.2, 0.25) is 0 Å². The van der Waals surface area contributed by atoms with Crippen molar-refractivity contribution in [1.82, 2.24) is 10.2 Å². The molecule has 1 aromatic carbocycles. The van der Waals surface area contributed by atoms with Crippen LogP contribution in [0.25, 0.3) is 0 Å². The van der Waals surface area contributed by atoms with Gasteiger partial charge in [-0.2, -0.15) is 0 Å². The van der Waals surface area contributed by atoms with E-state index < -0.39 is 5.91 Å². The summed E-state index contributed by atoms with van der Waals surface area (Å²) in [5.41, 5.74) is 0.652. The van der Waals surface area contributed by atoms with Crippen molar-refractivity contribution in [1.29, 1.82) is 0 Å². The largest absolute Gasteiger partial charge is 0.493 e. The lowest BCUT2D eigenvalue weighted by Gasteiger charge is -2.25. The Bertz CT molecular complexity index is 819. The Labute approximate surface area is 169 Å². The van der Waals surface area contributed by atoms with Gasteiger partial charge in [-0.25, -0.2) is 0 Å². The number of hydrogen-bond donors (Lipinski definition) is 2. The maximum Gasteiger partial charge on any atom is 0.291 e. The lowest BCUT2D eigenvalue weighted by atomic mass is 10.1. The van der Waals surface area contributed by atoms with E-state index in [1.54, 1.807) is 36.2 Å². The van der Waals surface area contributed by atoms with Gasteiger partial charge in [0, 0.05) is 25.7 Å². The van der Waals surface area contributed by atoms with Gasteiger partial charge in [-0.3, -0.25) is 9.59 Å². The Balaban J connectivity index is 0.00000280. The summed E-state index contributed by atoms with van der Waals surface area (Å²) >= 11 is 0. The molecule has 1 atom stereocenters. The van der Waals surface area contributed by atoms with Crippen LogP contribution in [0, 0.1) is 0 Å². The number of likely N-dealkylation sites (N-methyl/N-ethyl adjacent to an activating group) is 1. The standard InChI is InChI=1S/C19H23N3O5.ClH/c1-22(12-6-7-20-11-12)19(24)13-9-16(25-2)17(26-3)10-14(13)21-18(23)15-5-4-8-27-15;/h4-5,8-10,12,20H,6-7,11H2,1-3H3,(H,21,23);1H. The minimum absolute atomic E-state index is 0. The van der Waals surface area contributed by atoms with Crippen molar-refractivity contribution in [3.8, 4) is 11.5 Å². The molecule has 1 aromatic heterocycles. The molecule has 152 valence electrons. The van der Waals surface area contributed by atoms with E-state index in [1.165, 1.54) is 20.5 Å². The molecule has 2 heterocycles. The molecule has 28 heavy (non-hydrogen) atoms. The van der Waals surface area contributed by atoms with Crippen LogP contribution in [0.2, 0.25) is 0 Å². The van der Waals surface area contributed by atoms with Crippen LogP contribution in [0.5, 0.6) is 11.5 Å². The average molecular weight is 410 g/mol. The Kier molecular flexibility index (Phi) is 7.31. The minimum atomic E-state index is -0.452. The lowest BCUT2D eigenvalue weighted by molar-refractivity contribution is 0.0744. The number of nitrogens with zero attached hydrogens (tertiary/aromatic N) is 1. The first-order valence-corrected chi connectivity index (χ1v) is 8.64. The first kappa shape index (κ1) is 21.6. The molecule has 1 saturated heterocycles. The Morgan fingerprint density at radius 2 is 1.96 bits per heavy atom. The normalized spacial score (nSPS) is 15.5. The van der Waals surface area contributed by atoms with Crippen molar-refractivity contribution in [2.45, 2.75) is 12.5 Å². The summed E-state index contributed by atoms with van der Waals surface area (Å²) in [6, 6.07) is 6.43. The number of methoxy groups -OCH3 is 2. The molecular formula is C19H24ClN3O5.